The van der Waals surface area contributed by atoms with Gasteiger partial charge in [0.2, 0.25) is 5.91 Å². The van der Waals surface area contributed by atoms with E-state index in [1.165, 1.54) is 12.3 Å². The van der Waals surface area contributed by atoms with E-state index >= 15 is 0 Å². The number of hydrogen-bond acceptors (Lipinski definition) is 5. The number of rotatable bonds is 5. The number of carbonyl (C=O) groups excluding carboxylic acids is 1. The molecule has 1 atom stereocenters. The van der Waals surface area contributed by atoms with Crippen molar-refractivity contribution < 1.29 is 19.4 Å². The first kappa shape index (κ1) is 17.7. The number of nitrogens with zero attached hydrogens (tertiary/aromatic N) is 2. The molecule has 136 valence electrons. The molecule has 1 fully saturated rings. The van der Waals surface area contributed by atoms with Crippen LogP contribution in [0.3, 0.4) is 0 Å². The number of benzene rings is 1. The lowest BCUT2D eigenvalue weighted by atomic mass is 9.97. The maximum absolute atomic E-state index is 12.7. The number of pyridine rings is 1. The molecule has 3 rings (SSSR count). The Labute approximate surface area is 151 Å². The Kier molecular flexibility index (Phi) is 5.36. The second-order valence-electron chi connectivity index (χ2n) is 6.18. The summed E-state index contributed by atoms with van der Waals surface area (Å²) in [6.07, 6.45) is 3.01. The van der Waals surface area contributed by atoms with E-state index in [1.54, 1.807) is 19.2 Å². The van der Waals surface area contributed by atoms with Gasteiger partial charge in [-0.05, 0) is 37.1 Å². The van der Waals surface area contributed by atoms with Crippen molar-refractivity contribution >= 4 is 23.4 Å². The van der Waals surface area contributed by atoms with Gasteiger partial charge in [0, 0.05) is 19.3 Å². The van der Waals surface area contributed by atoms with E-state index in [0.717, 1.165) is 19.4 Å². The van der Waals surface area contributed by atoms with Crippen molar-refractivity contribution in [2.45, 2.75) is 12.8 Å². The molecule has 1 amide bonds. The van der Waals surface area contributed by atoms with Gasteiger partial charge in [-0.25, -0.2) is 9.78 Å². The molecule has 2 N–H and O–H groups in total. The third-order valence-corrected chi connectivity index (χ3v) is 4.48. The number of carboxylic acid groups (broad SMARTS) is 1. The van der Waals surface area contributed by atoms with Crippen molar-refractivity contribution in [2.24, 2.45) is 5.92 Å². The van der Waals surface area contributed by atoms with Crippen molar-refractivity contribution in [3.05, 3.63) is 48.2 Å². The average molecular weight is 355 g/mol. The summed E-state index contributed by atoms with van der Waals surface area (Å²) in [7, 11) is 1.57. The van der Waals surface area contributed by atoms with Crippen LogP contribution in [-0.4, -0.2) is 42.2 Å². The van der Waals surface area contributed by atoms with Gasteiger partial charge in [0.25, 0.3) is 0 Å². The van der Waals surface area contributed by atoms with Gasteiger partial charge < -0.3 is 20.1 Å². The molecule has 1 aliphatic rings. The van der Waals surface area contributed by atoms with Crippen LogP contribution in [0.1, 0.15) is 23.2 Å². The first-order valence-corrected chi connectivity index (χ1v) is 8.46. The zero-order valence-electron chi connectivity index (χ0n) is 14.5. The van der Waals surface area contributed by atoms with E-state index in [-0.39, 0.29) is 17.4 Å². The first-order chi connectivity index (χ1) is 12.6. The van der Waals surface area contributed by atoms with Gasteiger partial charge in [-0.1, -0.05) is 12.1 Å². The third kappa shape index (κ3) is 3.93. The summed E-state index contributed by atoms with van der Waals surface area (Å²) >= 11 is 0. The molecular weight excluding hydrogens is 334 g/mol. The summed E-state index contributed by atoms with van der Waals surface area (Å²) in [5.41, 5.74) is 0.803. The number of anilines is 2. The van der Waals surface area contributed by atoms with Gasteiger partial charge >= 0.3 is 5.97 Å². The van der Waals surface area contributed by atoms with E-state index in [2.05, 4.69) is 10.3 Å². The number of methoxy groups -OCH3 is 1. The van der Waals surface area contributed by atoms with Crippen molar-refractivity contribution in [3.8, 4) is 5.75 Å². The van der Waals surface area contributed by atoms with Crippen molar-refractivity contribution in [3.63, 3.8) is 0 Å². The fourth-order valence-corrected chi connectivity index (χ4v) is 3.08. The molecular formula is C19H21N3O4. The number of ether oxygens (including phenoxy) is 1. The van der Waals surface area contributed by atoms with E-state index in [4.69, 9.17) is 9.84 Å². The third-order valence-electron chi connectivity index (χ3n) is 4.48. The van der Waals surface area contributed by atoms with E-state index in [9.17, 15) is 9.59 Å². The molecule has 0 bridgehead atoms. The summed E-state index contributed by atoms with van der Waals surface area (Å²) in [6, 6.07) is 10.5. The van der Waals surface area contributed by atoms with Crippen LogP contribution in [0.15, 0.2) is 42.6 Å². The zero-order chi connectivity index (χ0) is 18.5. The maximum Gasteiger partial charge on any atom is 0.337 e. The standard InChI is InChI=1S/C19H21N3O4/c1-26-16-7-3-2-6-15(16)21-18(23)14-5-4-10-22(12-14)17-9-8-13(11-20-17)19(24)25/h2-3,6-9,11,14H,4-5,10,12H2,1H3,(H,21,23)(H,24,25). The fraction of sp³-hybridized carbons (Fsp3) is 0.316. The molecule has 0 radical (unpaired) electrons. The van der Waals surface area contributed by atoms with E-state index in [1.807, 2.05) is 23.1 Å². The largest absolute Gasteiger partial charge is 0.495 e. The molecule has 0 aliphatic carbocycles. The molecule has 7 heteroatoms. The molecule has 1 unspecified atom stereocenters. The van der Waals surface area contributed by atoms with Crippen molar-refractivity contribution in [1.82, 2.24) is 4.98 Å². The lowest BCUT2D eigenvalue weighted by molar-refractivity contribution is -0.120. The Morgan fingerprint density at radius 2 is 2.08 bits per heavy atom. The Balaban J connectivity index is 1.67. The fourth-order valence-electron chi connectivity index (χ4n) is 3.08. The Bertz CT molecular complexity index is 792. The minimum atomic E-state index is -1.00. The highest BCUT2D eigenvalue weighted by molar-refractivity contribution is 5.94. The minimum Gasteiger partial charge on any atom is -0.495 e. The molecule has 2 heterocycles. The molecule has 26 heavy (non-hydrogen) atoms. The molecule has 0 spiro atoms. The van der Waals surface area contributed by atoms with Crippen LogP contribution >= 0.6 is 0 Å². The second kappa shape index (κ2) is 7.86. The highest BCUT2D eigenvalue weighted by atomic mass is 16.5. The zero-order valence-corrected chi connectivity index (χ0v) is 14.5. The quantitative estimate of drug-likeness (QED) is 0.857. The van der Waals surface area contributed by atoms with Gasteiger partial charge in [-0.3, -0.25) is 4.79 Å². The molecule has 1 aromatic carbocycles. The van der Waals surface area contributed by atoms with Crippen LogP contribution < -0.4 is 15.0 Å². The Morgan fingerprint density at radius 1 is 1.27 bits per heavy atom. The minimum absolute atomic E-state index is 0.0543. The summed E-state index contributed by atoms with van der Waals surface area (Å²) in [6.45, 7) is 1.33. The Morgan fingerprint density at radius 3 is 2.77 bits per heavy atom. The monoisotopic (exact) mass is 355 g/mol. The molecule has 1 aromatic heterocycles. The highest BCUT2D eigenvalue weighted by Gasteiger charge is 2.27. The molecule has 0 saturated carbocycles. The van der Waals surface area contributed by atoms with Crippen LogP contribution in [0.5, 0.6) is 5.75 Å². The SMILES string of the molecule is COc1ccccc1NC(=O)C1CCCN(c2ccc(C(=O)O)cn2)C1. The summed E-state index contributed by atoms with van der Waals surface area (Å²) in [5.74, 6) is 0.0805. The number of nitrogens with one attached hydrogen (secondary N) is 1. The van der Waals surface area contributed by atoms with Gasteiger partial charge in [0.1, 0.15) is 11.6 Å². The average Bonchev–Trinajstić information content (AvgIpc) is 2.68. The number of piperidine rings is 1. The Hall–Kier alpha value is -3.09. The first-order valence-electron chi connectivity index (χ1n) is 8.46. The summed E-state index contributed by atoms with van der Waals surface area (Å²) in [4.78, 5) is 29.8. The predicted octanol–water partition coefficient (Wildman–Crippen LogP) is 2.64. The van der Waals surface area contributed by atoms with Gasteiger partial charge in [0.05, 0.1) is 24.3 Å². The summed E-state index contributed by atoms with van der Waals surface area (Å²) < 4.78 is 5.27. The van der Waals surface area contributed by atoms with Gasteiger partial charge in [-0.15, -0.1) is 0 Å². The normalized spacial score (nSPS) is 16.8. The molecule has 2 aromatic rings. The highest BCUT2D eigenvalue weighted by Crippen LogP contribution is 2.26. The van der Waals surface area contributed by atoms with E-state index < -0.39 is 5.97 Å². The van der Waals surface area contributed by atoms with Crippen LogP contribution in [0.4, 0.5) is 11.5 Å². The number of hydrogen-bond donors (Lipinski definition) is 2. The molecule has 7 nitrogen and oxygen atoms in total. The van der Waals surface area contributed by atoms with E-state index in [0.29, 0.717) is 23.8 Å². The second-order valence-corrected chi connectivity index (χ2v) is 6.18. The maximum atomic E-state index is 12.7. The number of carboxylic acids is 1. The number of amides is 1. The number of para-hydroxylation sites is 2. The number of carbonyl (C=O) groups is 2. The van der Waals surface area contributed by atoms with Crippen molar-refractivity contribution in [2.75, 3.05) is 30.4 Å². The lowest BCUT2D eigenvalue weighted by Crippen LogP contribution is -2.41. The van der Waals surface area contributed by atoms with Crippen LogP contribution in [0.25, 0.3) is 0 Å². The van der Waals surface area contributed by atoms with Crippen LogP contribution in [0, 0.1) is 5.92 Å². The van der Waals surface area contributed by atoms with Gasteiger partial charge in [-0.2, -0.15) is 0 Å². The number of aromatic carboxylic acids is 1. The smallest absolute Gasteiger partial charge is 0.337 e. The van der Waals surface area contributed by atoms with Crippen LogP contribution in [-0.2, 0) is 4.79 Å². The predicted molar refractivity (Wildman–Crippen MR) is 97.8 cm³/mol. The topological polar surface area (TPSA) is 91.8 Å². The lowest BCUT2D eigenvalue weighted by Gasteiger charge is -2.33. The molecule has 1 saturated heterocycles. The van der Waals surface area contributed by atoms with Crippen molar-refractivity contribution in [1.29, 1.82) is 0 Å². The molecule has 1 aliphatic heterocycles. The number of aromatic nitrogens is 1. The van der Waals surface area contributed by atoms with Gasteiger partial charge in [0.15, 0.2) is 0 Å². The van der Waals surface area contributed by atoms with Crippen LogP contribution in [0.2, 0.25) is 0 Å². The summed E-state index contributed by atoms with van der Waals surface area (Å²) in [5, 5.41) is 11.9.